The van der Waals surface area contributed by atoms with Crippen LogP contribution in [0.2, 0.25) is 0 Å². The molecule has 3 aromatic carbocycles. The van der Waals surface area contributed by atoms with Crippen molar-refractivity contribution >= 4 is 23.2 Å². The number of nitrogens with one attached hydrogen (secondary N) is 2. The molecule has 0 unspecified atom stereocenters. The van der Waals surface area contributed by atoms with E-state index >= 15 is 0 Å². The van der Waals surface area contributed by atoms with E-state index in [4.69, 9.17) is 9.05 Å². The second-order valence-corrected chi connectivity index (χ2v) is 9.47. The number of amides is 2. The quantitative estimate of drug-likeness (QED) is 0.171. The average molecular weight is 595 g/mol. The first kappa shape index (κ1) is 29.0. The Hall–Kier alpha value is -5.46. The summed E-state index contributed by atoms with van der Waals surface area (Å²) in [6, 6.07) is 20.2. The maximum absolute atomic E-state index is 13.8. The van der Waals surface area contributed by atoms with Crippen molar-refractivity contribution in [2.75, 3.05) is 10.6 Å². The van der Waals surface area contributed by atoms with E-state index in [1.165, 1.54) is 12.1 Å². The summed E-state index contributed by atoms with van der Waals surface area (Å²) >= 11 is 0. The molecule has 220 valence electrons. The molecule has 2 heterocycles. The molecule has 0 aliphatic carbocycles. The molecule has 2 aromatic heterocycles. The van der Waals surface area contributed by atoms with Gasteiger partial charge in [0.2, 0.25) is 0 Å². The number of benzene rings is 3. The fraction of sp³-hybridized carbons (Fsp3) is 0.133. The minimum Gasteiger partial charge on any atom is -0.426 e. The van der Waals surface area contributed by atoms with Gasteiger partial charge in [-0.05, 0) is 32.0 Å². The number of halogens is 4. The van der Waals surface area contributed by atoms with Crippen molar-refractivity contribution in [1.82, 2.24) is 10.3 Å². The summed E-state index contributed by atoms with van der Waals surface area (Å²) in [5, 5.41) is 12.2. The van der Waals surface area contributed by atoms with E-state index in [1.54, 1.807) is 24.3 Å². The third kappa shape index (κ3) is 6.72. The fourth-order valence-corrected chi connectivity index (χ4v) is 3.84. The zero-order valence-corrected chi connectivity index (χ0v) is 22.5. The Morgan fingerprint density at radius 3 is 1.72 bits per heavy atom. The van der Waals surface area contributed by atoms with E-state index in [-0.39, 0.29) is 22.8 Å². The van der Waals surface area contributed by atoms with Crippen LogP contribution in [0.3, 0.4) is 0 Å². The van der Waals surface area contributed by atoms with Crippen molar-refractivity contribution in [3.8, 4) is 28.4 Å². The Balaban J connectivity index is 1.38. The second kappa shape index (κ2) is 11.8. The number of aromatic nitrogens is 2. The van der Waals surface area contributed by atoms with Crippen LogP contribution >= 0.6 is 0 Å². The van der Waals surface area contributed by atoms with Crippen molar-refractivity contribution < 1.29 is 40.9 Å². The van der Waals surface area contributed by atoms with Crippen molar-refractivity contribution in [3.05, 3.63) is 101 Å². The van der Waals surface area contributed by atoms with Crippen molar-refractivity contribution in [2.24, 2.45) is 0 Å². The van der Waals surface area contributed by atoms with Gasteiger partial charge in [0.1, 0.15) is 5.75 Å². The van der Waals surface area contributed by atoms with Crippen LogP contribution in [0.25, 0.3) is 22.6 Å². The number of nitrogens with zero attached hydrogens (tertiary/aromatic N) is 2. The molecule has 0 spiro atoms. The normalized spacial score (nSPS) is 11.4. The van der Waals surface area contributed by atoms with Crippen LogP contribution in [0.1, 0.15) is 32.1 Å². The maximum Gasteiger partial charge on any atom is 0.461 e. The predicted molar refractivity (Wildman–Crippen MR) is 147 cm³/mol. The van der Waals surface area contributed by atoms with Crippen LogP contribution in [-0.2, 0) is 0 Å². The summed E-state index contributed by atoms with van der Waals surface area (Å²) in [4.78, 5) is 25.8. The van der Waals surface area contributed by atoms with E-state index < -0.39 is 35.8 Å². The molecule has 5 aromatic rings. The molecule has 0 saturated carbocycles. The van der Waals surface area contributed by atoms with Crippen LogP contribution in [0.5, 0.6) is 5.75 Å². The molecule has 9 nitrogen and oxygen atoms in total. The van der Waals surface area contributed by atoms with Gasteiger partial charge in [-0.25, -0.2) is 0 Å². The Kier molecular flexibility index (Phi) is 7.97. The highest BCUT2D eigenvalue weighted by Gasteiger charge is 2.44. The summed E-state index contributed by atoms with van der Waals surface area (Å²) in [5.41, 5.74) is 2.54. The minimum absolute atomic E-state index is 0.00611. The van der Waals surface area contributed by atoms with Crippen molar-refractivity contribution in [1.29, 1.82) is 0 Å². The molecule has 0 bridgehead atoms. The number of aryl methyl sites for hydroxylation is 2. The van der Waals surface area contributed by atoms with E-state index in [0.29, 0.717) is 16.9 Å². The first-order chi connectivity index (χ1) is 20.5. The number of ether oxygens (including phenoxy) is 1. The molecule has 0 saturated heterocycles. The highest BCUT2D eigenvalue weighted by atomic mass is 19.3. The Bertz CT molecular complexity index is 1770. The van der Waals surface area contributed by atoms with E-state index in [1.807, 2.05) is 38.1 Å². The third-order valence-corrected chi connectivity index (χ3v) is 6.14. The molecular weight excluding hydrogens is 572 g/mol. The van der Waals surface area contributed by atoms with Gasteiger partial charge in [-0.3, -0.25) is 9.59 Å². The van der Waals surface area contributed by atoms with Gasteiger partial charge in [-0.2, -0.15) is 17.6 Å². The second-order valence-electron chi connectivity index (χ2n) is 9.47. The van der Waals surface area contributed by atoms with Crippen LogP contribution in [0.4, 0.5) is 28.9 Å². The van der Waals surface area contributed by atoms with Crippen LogP contribution < -0.4 is 15.4 Å². The van der Waals surface area contributed by atoms with Gasteiger partial charge in [0, 0.05) is 28.9 Å². The Morgan fingerprint density at radius 1 is 0.744 bits per heavy atom. The molecule has 0 radical (unpaired) electrons. The fourth-order valence-electron chi connectivity index (χ4n) is 3.84. The van der Waals surface area contributed by atoms with E-state index in [0.717, 1.165) is 29.3 Å². The topological polar surface area (TPSA) is 119 Å². The van der Waals surface area contributed by atoms with Gasteiger partial charge in [0.05, 0.1) is 5.69 Å². The van der Waals surface area contributed by atoms with Gasteiger partial charge in [0.15, 0.2) is 22.9 Å². The first-order valence-corrected chi connectivity index (χ1v) is 12.7. The molecule has 0 aliphatic heterocycles. The number of rotatable bonds is 9. The SMILES string of the molecule is Cc1ccc(-c2cc(C(=O)Nc3ccc(OC(F)(F)C(F)F)c(NC(=O)c4cc(-c5ccc(C)cc5)on4)c3)no2)cc1. The third-order valence-electron chi connectivity index (χ3n) is 6.14. The monoisotopic (exact) mass is 594 g/mol. The summed E-state index contributed by atoms with van der Waals surface area (Å²) in [5.74, 6) is -1.86. The molecular formula is C30H22F4N4O5. The summed E-state index contributed by atoms with van der Waals surface area (Å²) < 4.78 is 68.0. The van der Waals surface area contributed by atoms with E-state index in [9.17, 15) is 27.2 Å². The number of anilines is 2. The predicted octanol–water partition coefficient (Wildman–Crippen LogP) is 7.35. The number of carbonyl (C=O) groups excluding carboxylic acids is 2. The number of hydrogen-bond acceptors (Lipinski definition) is 7. The largest absolute Gasteiger partial charge is 0.461 e. The Morgan fingerprint density at radius 2 is 1.23 bits per heavy atom. The number of alkyl halides is 4. The van der Waals surface area contributed by atoms with Crippen LogP contribution in [0, 0.1) is 13.8 Å². The summed E-state index contributed by atoms with van der Waals surface area (Å²) in [7, 11) is 0. The smallest absolute Gasteiger partial charge is 0.426 e. The minimum atomic E-state index is -4.87. The van der Waals surface area contributed by atoms with Gasteiger partial charge < -0.3 is 24.4 Å². The first-order valence-electron chi connectivity index (χ1n) is 12.7. The molecule has 0 fully saturated rings. The van der Waals surface area contributed by atoms with Gasteiger partial charge in [-0.15, -0.1) is 0 Å². The summed E-state index contributed by atoms with van der Waals surface area (Å²) in [6.45, 7) is 3.81. The number of hydrogen-bond donors (Lipinski definition) is 2. The molecule has 43 heavy (non-hydrogen) atoms. The van der Waals surface area contributed by atoms with Gasteiger partial charge in [0.25, 0.3) is 11.8 Å². The summed E-state index contributed by atoms with van der Waals surface area (Å²) in [6.07, 6.45) is -9.03. The lowest BCUT2D eigenvalue weighted by atomic mass is 10.1. The van der Waals surface area contributed by atoms with Gasteiger partial charge in [-0.1, -0.05) is 70.0 Å². The number of carbonyl (C=O) groups is 2. The lowest BCUT2D eigenvalue weighted by Crippen LogP contribution is -2.33. The zero-order chi connectivity index (χ0) is 30.7. The van der Waals surface area contributed by atoms with Crippen LogP contribution in [0.15, 0.2) is 87.9 Å². The molecule has 0 atom stereocenters. The molecule has 2 amide bonds. The van der Waals surface area contributed by atoms with Crippen molar-refractivity contribution in [2.45, 2.75) is 26.4 Å². The van der Waals surface area contributed by atoms with Gasteiger partial charge >= 0.3 is 12.5 Å². The zero-order valence-electron chi connectivity index (χ0n) is 22.5. The molecule has 2 N–H and O–H groups in total. The highest BCUT2D eigenvalue weighted by Crippen LogP contribution is 2.35. The lowest BCUT2D eigenvalue weighted by Gasteiger charge is -2.20. The lowest BCUT2D eigenvalue weighted by molar-refractivity contribution is -0.252. The van der Waals surface area contributed by atoms with E-state index in [2.05, 4.69) is 25.7 Å². The molecule has 13 heteroatoms. The average Bonchev–Trinajstić information content (AvgIpc) is 3.66. The van der Waals surface area contributed by atoms with Crippen LogP contribution in [-0.4, -0.2) is 34.7 Å². The highest BCUT2D eigenvalue weighted by molar-refractivity contribution is 6.06. The maximum atomic E-state index is 13.8. The Labute approximate surface area is 241 Å². The molecule has 5 rings (SSSR count). The molecule has 0 aliphatic rings. The van der Waals surface area contributed by atoms with Crippen molar-refractivity contribution in [3.63, 3.8) is 0 Å². The standard InChI is InChI=1S/C30H22F4N4O5/c1-16-3-7-18(8-4-16)25-14-22(37-42-25)27(39)35-20-11-12-24(41-30(33,34)29(31)32)21(13-20)36-28(40)23-15-26(43-38-23)19-9-5-17(2)6-10-19/h3-15,29H,1-2H3,(H,35,39)(H,36,40).